The minimum atomic E-state index is -0.532. The maximum absolute atomic E-state index is 12.5. The molecule has 8 heteroatoms. The fraction of sp³-hybridized carbons (Fsp3) is 0.0938. The molecule has 7 nitrogen and oxygen atoms in total. The smallest absolute Gasteiger partial charge is 0.356 e. The molecule has 198 valence electrons. The Bertz CT molecular complexity index is 1980. The molecule has 0 atom stereocenters. The Morgan fingerprint density at radius 1 is 1.02 bits per heavy atom. The molecule has 6 rings (SSSR count). The van der Waals surface area contributed by atoms with Gasteiger partial charge in [-0.05, 0) is 48.4 Å². The molecule has 3 aromatic carbocycles. The Morgan fingerprint density at radius 3 is 2.65 bits per heavy atom. The van der Waals surface area contributed by atoms with Crippen molar-refractivity contribution in [3.63, 3.8) is 0 Å². The highest BCUT2D eigenvalue weighted by Crippen LogP contribution is 2.44. The summed E-state index contributed by atoms with van der Waals surface area (Å²) in [5, 5.41) is 16.0. The molecule has 1 aliphatic heterocycles. The third kappa shape index (κ3) is 4.30. The molecule has 4 aromatic rings. The van der Waals surface area contributed by atoms with E-state index in [0.717, 1.165) is 27.5 Å². The lowest BCUT2D eigenvalue weighted by Gasteiger charge is -2.19. The number of aromatic nitrogens is 1. The van der Waals surface area contributed by atoms with Crippen LogP contribution in [-0.2, 0) is 11.3 Å². The van der Waals surface area contributed by atoms with Gasteiger partial charge < -0.3 is 19.6 Å². The van der Waals surface area contributed by atoms with E-state index in [-0.39, 0.29) is 28.4 Å². The van der Waals surface area contributed by atoms with Crippen LogP contribution in [0.25, 0.3) is 44.3 Å². The number of rotatable bonds is 5. The maximum atomic E-state index is 12.5. The summed E-state index contributed by atoms with van der Waals surface area (Å²) in [5.41, 5.74) is 5.56. The Labute approximate surface area is 234 Å². The SMILES string of the molecule is COC(=O)c1ccc2cccc(NCc3c(O)ccc4c(-c5ccccc5C)c5cc(Cl)c(=O)cc-5oc34)c2n1. The van der Waals surface area contributed by atoms with E-state index in [1.54, 1.807) is 30.3 Å². The van der Waals surface area contributed by atoms with E-state index in [2.05, 4.69) is 10.3 Å². The van der Waals surface area contributed by atoms with Gasteiger partial charge in [0.15, 0.2) is 0 Å². The van der Waals surface area contributed by atoms with Crippen LogP contribution in [0.4, 0.5) is 5.69 Å². The topological polar surface area (TPSA) is 102 Å². The first-order valence-electron chi connectivity index (χ1n) is 12.5. The largest absolute Gasteiger partial charge is 0.507 e. The molecule has 0 radical (unpaired) electrons. The van der Waals surface area contributed by atoms with Gasteiger partial charge in [0.05, 0.1) is 28.9 Å². The number of carbonyl (C=O) groups excluding carboxylic acids is 1. The summed E-state index contributed by atoms with van der Waals surface area (Å²) in [7, 11) is 1.31. The van der Waals surface area contributed by atoms with Gasteiger partial charge in [-0.1, -0.05) is 54.1 Å². The van der Waals surface area contributed by atoms with Gasteiger partial charge in [-0.2, -0.15) is 0 Å². The summed E-state index contributed by atoms with van der Waals surface area (Å²) >= 11 is 6.26. The summed E-state index contributed by atoms with van der Waals surface area (Å²) in [5.74, 6) is -0.143. The van der Waals surface area contributed by atoms with Gasteiger partial charge in [0.1, 0.15) is 22.8 Å². The number of methoxy groups -OCH3 is 1. The number of phenols is 1. The first-order chi connectivity index (χ1) is 19.4. The average Bonchev–Trinajstić information content (AvgIpc) is 2.96. The van der Waals surface area contributed by atoms with Gasteiger partial charge in [-0.3, -0.25) is 4.79 Å². The average molecular weight is 551 g/mol. The van der Waals surface area contributed by atoms with Crippen LogP contribution in [0.1, 0.15) is 21.6 Å². The first kappa shape index (κ1) is 25.4. The molecule has 0 saturated heterocycles. The van der Waals surface area contributed by atoms with Crippen molar-refractivity contribution in [1.82, 2.24) is 4.98 Å². The number of fused-ring (bicyclic) bond motifs is 3. The molecule has 0 unspecified atom stereocenters. The molecule has 1 aromatic heterocycles. The molecule has 2 N–H and O–H groups in total. The quantitative estimate of drug-likeness (QED) is 0.173. The highest BCUT2D eigenvalue weighted by molar-refractivity contribution is 6.31. The van der Waals surface area contributed by atoms with Crippen molar-refractivity contribution >= 4 is 45.1 Å². The predicted octanol–water partition coefficient (Wildman–Crippen LogP) is 7.18. The third-order valence-electron chi connectivity index (χ3n) is 7.01. The number of para-hydroxylation sites is 1. The summed E-state index contributed by atoms with van der Waals surface area (Å²) < 4.78 is 11.1. The molecule has 0 amide bonds. The lowest BCUT2D eigenvalue weighted by atomic mass is 9.90. The summed E-state index contributed by atoms with van der Waals surface area (Å²) in [6.07, 6.45) is 0. The van der Waals surface area contributed by atoms with E-state index < -0.39 is 5.97 Å². The zero-order valence-electron chi connectivity index (χ0n) is 21.6. The number of nitrogens with one attached hydrogen (secondary N) is 1. The van der Waals surface area contributed by atoms with Crippen molar-refractivity contribution in [2.45, 2.75) is 13.5 Å². The number of aryl methyl sites for hydroxylation is 1. The van der Waals surface area contributed by atoms with Crippen molar-refractivity contribution < 1.29 is 19.1 Å². The predicted molar refractivity (Wildman–Crippen MR) is 156 cm³/mol. The number of hydrogen-bond acceptors (Lipinski definition) is 7. The van der Waals surface area contributed by atoms with E-state index in [1.165, 1.54) is 13.2 Å². The Kier molecular flexibility index (Phi) is 6.36. The molecule has 0 saturated carbocycles. The van der Waals surface area contributed by atoms with Crippen LogP contribution < -0.4 is 10.7 Å². The zero-order chi connectivity index (χ0) is 28.0. The van der Waals surface area contributed by atoms with Crippen LogP contribution in [0.2, 0.25) is 5.02 Å². The number of pyridine rings is 1. The van der Waals surface area contributed by atoms with Crippen LogP contribution in [-0.4, -0.2) is 23.2 Å². The molecule has 0 bridgehead atoms. The number of carbonyl (C=O) groups is 1. The third-order valence-corrected chi connectivity index (χ3v) is 7.30. The van der Waals surface area contributed by atoms with E-state index in [4.69, 9.17) is 20.8 Å². The minimum absolute atomic E-state index is 0.0265. The fourth-order valence-corrected chi connectivity index (χ4v) is 5.17. The molecule has 0 spiro atoms. The Balaban J connectivity index is 1.54. The number of anilines is 1. The van der Waals surface area contributed by atoms with Gasteiger partial charge in [-0.25, -0.2) is 9.78 Å². The fourth-order valence-electron chi connectivity index (χ4n) is 5.01. The summed E-state index contributed by atoms with van der Waals surface area (Å²) in [4.78, 5) is 29.1. The van der Waals surface area contributed by atoms with Gasteiger partial charge in [0, 0.05) is 34.5 Å². The molecule has 1 aliphatic carbocycles. The highest BCUT2D eigenvalue weighted by Gasteiger charge is 2.23. The molecular weight excluding hydrogens is 528 g/mol. The van der Waals surface area contributed by atoms with E-state index in [0.29, 0.717) is 33.7 Å². The van der Waals surface area contributed by atoms with Crippen molar-refractivity contribution in [3.05, 3.63) is 111 Å². The number of esters is 1. The van der Waals surface area contributed by atoms with Crippen LogP contribution in [0, 0.1) is 6.92 Å². The molecular formula is C32H23ClN2O5. The second-order valence-corrected chi connectivity index (χ2v) is 9.84. The highest BCUT2D eigenvalue weighted by atomic mass is 35.5. The zero-order valence-corrected chi connectivity index (χ0v) is 22.4. The summed E-state index contributed by atoms with van der Waals surface area (Å²) in [6.45, 7) is 2.19. The molecule has 2 aliphatic rings. The monoisotopic (exact) mass is 550 g/mol. The number of ether oxygens (including phenoxy) is 1. The second kappa shape index (κ2) is 10.0. The molecule has 40 heavy (non-hydrogen) atoms. The van der Waals surface area contributed by atoms with E-state index in [1.807, 2.05) is 49.4 Å². The number of hydrogen-bond donors (Lipinski definition) is 2. The van der Waals surface area contributed by atoms with E-state index in [9.17, 15) is 14.7 Å². The minimum Gasteiger partial charge on any atom is -0.507 e. The van der Waals surface area contributed by atoms with Crippen LogP contribution in [0.3, 0.4) is 0 Å². The number of halogens is 1. The number of benzene rings is 4. The van der Waals surface area contributed by atoms with Gasteiger partial charge in [-0.15, -0.1) is 0 Å². The van der Waals surface area contributed by atoms with Crippen LogP contribution in [0.15, 0.2) is 88.1 Å². The van der Waals surface area contributed by atoms with Gasteiger partial charge in [0.2, 0.25) is 5.43 Å². The first-order valence-corrected chi connectivity index (χ1v) is 12.9. The van der Waals surface area contributed by atoms with Crippen molar-refractivity contribution in [2.75, 3.05) is 12.4 Å². The normalized spacial score (nSPS) is 11.3. The summed E-state index contributed by atoms with van der Waals surface area (Å²) in [6, 6.07) is 23.4. The van der Waals surface area contributed by atoms with Crippen molar-refractivity contribution in [2.24, 2.45) is 0 Å². The Hall–Kier alpha value is -4.88. The number of nitrogens with zero attached hydrogens (tertiary/aromatic N) is 1. The van der Waals surface area contributed by atoms with Crippen LogP contribution >= 0.6 is 11.6 Å². The van der Waals surface area contributed by atoms with Crippen molar-refractivity contribution in [3.8, 4) is 28.2 Å². The lowest BCUT2D eigenvalue weighted by Crippen LogP contribution is -2.07. The molecule has 0 fully saturated rings. The Morgan fingerprint density at radius 2 is 1.85 bits per heavy atom. The van der Waals surface area contributed by atoms with Crippen molar-refractivity contribution in [1.29, 1.82) is 0 Å². The van der Waals surface area contributed by atoms with Gasteiger partial charge >= 0.3 is 5.97 Å². The molecule has 2 heterocycles. The van der Waals surface area contributed by atoms with Crippen LogP contribution in [0.5, 0.6) is 5.75 Å². The number of aromatic hydroxyl groups is 1. The lowest BCUT2D eigenvalue weighted by molar-refractivity contribution is 0.0594. The van der Waals surface area contributed by atoms with E-state index >= 15 is 0 Å². The van der Waals surface area contributed by atoms with Gasteiger partial charge in [0.25, 0.3) is 0 Å². The second-order valence-electron chi connectivity index (χ2n) is 9.43. The number of phenolic OH excluding ortho intramolecular Hbond substituents is 1. The standard InChI is InChI=1S/C32H23ClN2O5/c1-17-6-3-4-8-19(17)29-20-11-13-26(36)22(31(20)40-28-15-27(37)23(33)14-21(28)29)16-34-24-9-5-7-18-10-12-25(32(38)39-2)35-30(18)24/h3-15,34,36H,16H2,1-2H3. The maximum Gasteiger partial charge on any atom is 0.356 e.